The van der Waals surface area contributed by atoms with Crippen molar-refractivity contribution in [2.45, 2.75) is 37.6 Å². The molecule has 1 unspecified atom stereocenters. The van der Waals surface area contributed by atoms with Crippen LogP contribution in [-0.4, -0.2) is 24.0 Å². The van der Waals surface area contributed by atoms with Crippen molar-refractivity contribution in [3.05, 3.63) is 28.8 Å². The maximum atomic E-state index is 9.08. The highest BCUT2D eigenvalue weighted by molar-refractivity contribution is 7.99. The van der Waals surface area contributed by atoms with Crippen LogP contribution in [0.3, 0.4) is 0 Å². The van der Waals surface area contributed by atoms with Crippen molar-refractivity contribution in [2.24, 2.45) is 5.41 Å². The molecule has 4 heteroatoms. The lowest BCUT2D eigenvalue weighted by Crippen LogP contribution is -2.34. The van der Waals surface area contributed by atoms with Crippen molar-refractivity contribution < 1.29 is 5.11 Å². The van der Waals surface area contributed by atoms with Gasteiger partial charge in [-0.25, -0.2) is 0 Å². The summed E-state index contributed by atoms with van der Waals surface area (Å²) in [5, 5.41) is 13.5. The summed E-state index contributed by atoms with van der Waals surface area (Å²) in [4.78, 5) is 1.34. The van der Waals surface area contributed by atoms with Crippen LogP contribution in [0.15, 0.2) is 23.1 Å². The van der Waals surface area contributed by atoms with Crippen molar-refractivity contribution in [1.82, 2.24) is 5.32 Å². The Kier molecular flexibility index (Phi) is 5.18. The third kappa shape index (κ3) is 4.12. The number of benzene rings is 1. The summed E-state index contributed by atoms with van der Waals surface area (Å²) in [5.74, 6) is 1.15. The van der Waals surface area contributed by atoms with Crippen LogP contribution in [0.25, 0.3) is 0 Å². The first-order valence-corrected chi connectivity index (χ1v) is 8.15. The van der Waals surface area contributed by atoms with E-state index in [1.54, 1.807) is 0 Å². The minimum absolute atomic E-state index is 0.123. The van der Waals surface area contributed by atoms with E-state index >= 15 is 0 Å². The van der Waals surface area contributed by atoms with Crippen LogP contribution in [-0.2, 0) is 0 Å². The SMILES string of the molecule is CC(C)(CCO)CNC1CCSc2ccc(Cl)cc21. The third-order valence-corrected chi connectivity index (χ3v) is 4.98. The van der Waals surface area contributed by atoms with Gasteiger partial charge in [-0.15, -0.1) is 11.8 Å². The maximum Gasteiger partial charge on any atom is 0.0436 e. The summed E-state index contributed by atoms with van der Waals surface area (Å²) in [6.07, 6.45) is 1.96. The molecule has 2 N–H and O–H groups in total. The van der Waals surface area contributed by atoms with Crippen LogP contribution in [0, 0.1) is 5.41 Å². The van der Waals surface area contributed by atoms with Crippen molar-refractivity contribution in [3.8, 4) is 0 Å². The number of aliphatic hydroxyl groups excluding tert-OH is 1. The molecule has 0 spiro atoms. The molecule has 106 valence electrons. The Morgan fingerprint density at radius 2 is 2.26 bits per heavy atom. The number of halogens is 1. The van der Waals surface area contributed by atoms with E-state index in [-0.39, 0.29) is 12.0 Å². The quantitative estimate of drug-likeness (QED) is 0.865. The lowest BCUT2D eigenvalue weighted by molar-refractivity contribution is 0.202. The average Bonchev–Trinajstić information content (AvgIpc) is 2.36. The van der Waals surface area contributed by atoms with E-state index in [0.29, 0.717) is 6.04 Å². The van der Waals surface area contributed by atoms with E-state index in [2.05, 4.69) is 31.3 Å². The minimum atomic E-state index is 0.123. The van der Waals surface area contributed by atoms with Crippen LogP contribution >= 0.6 is 23.4 Å². The molecule has 0 aromatic heterocycles. The topological polar surface area (TPSA) is 32.3 Å². The first-order chi connectivity index (χ1) is 9.02. The van der Waals surface area contributed by atoms with E-state index in [1.165, 1.54) is 10.5 Å². The second-order valence-electron chi connectivity index (χ2n) is 5.89. The van der Waals surface area contributed by atoms with Crippen LogP contribution < -0.4 is 5.32 Å². The number of aliphatic hydroxyl groups is 1. The van der Waals surface area contributed by atoms with Crippen LogP contribution in [0.2, 0.25) is 5.02 Å². The molecule has 19 heavy (non-hydrogen) atoms. The van der Waals surface area contributed by atoms with Gasteiger partial charge in [-0.2, -0.15) is 0 Å². The predicted octanol–water partition coefficient (Wildman–Crippen LogP) is 3.88. The minimum Gasteiger partial charge on any atom is -0.396 e. The Balaban J connectivity index is 2.05. The van der Waals surface area contributed by atoms with Crippen LogP contribution in [0.5, 0.6) is 0 Å². The van der Waals surface area contributed by atoms with E-state index in [9.17, 15) is 0 Å². The molecule has 0 aliphatic carbocycles. The molecular weight excluding hydrogens is 278 g/mol. The van der Waals surface area contributed by atoms with Crippen LogP contribution in [0.1, 0.15) is 38.3 Å². The summed E-state index contributed by atoms with van der Waals surface area (Å²) in [5.41, 5.74) is 1.45. The lowest BCUT2D eigenvalue weighted by Gasteiger charge is -2.31. The highest BCUT2D eigenvalue weighted by Gasteiger charge is 2.24. The molecule has 1 heterocycles. The molecule has 0 saturated carbocycles. The second kappa shape index (κ2) is 6.49. The molecule has 1 aliphatic rings. The largest absolute Gasteiger partial charge is 0.396 e. The Morgan fingerprint density at radius 3 is 3.00 bits per heavy atom. The first kappa shape index (κ1) is 15.2. The summed E-state index contributed by atoms with van der Waals surface area (Å²) < 4.78 is 0. The fourth-order valence-electron chi connectivity index (χ4n) is 2.37. The van der Waals surface area contributed by atoms with Crippen molar-refractivity contribution in [3.63, 3.8) is 0 Å². The fraction of sp³-hybridized carbons (Fsp3) is 0.600. The molecule has 0 radical (unpaired) electrons. The van der Waals surface area contributed by atoms with Crippen molar-refractivity contribution >= 4 is 23.4 Å². The van der Waals surface area contributed by atoms with Gasteiger partial charge in [0.05, 0.1) is 0 Å². The summed E-state index contributed by atoms with van der Waals surface area (Å²) in [6, 6.07) is 6.55. The van der Waals surface area contributed by atoms with Gasteiger partial charge >= 0.3 is 0 Å². The molecule has 0 saturated heterocycles. The van der Waals surface area contributed by atoms with E-state index in [1.807, 2.05) is 17.8 Å². The Bertz CT molecular complexity index is 436. The van der Waals surface area contributed by atoms with Crippen molar-refractivity contribution in [1.29, 1.82) is 0 Å². The lowest BCUT2D eigenvalue weighted by atomic mass is 9.89. The molecule has 1 aromatic rings. The predicted molar refractivity (Wildman–Crippen MR) is 83.0 cm³/mol. The number of fused-ring (bicyclic) bond motifs is 1. The molecular formula is C15H22ClNOS. The number of rotatable bonds is 5. The summed E-state index contributed by atoms with van der Waals surface area (Å²) >= 11 is 8.02. The smallest absolute Gasteiger partial charge is 0.0436 e. The monoisotopic (exact) mass is 299 g/mol. The van der Waals surface area contributed by atoms with Gasteiger partial charge in [0.2, 0.25) is 0 Å². The highest BCUT2D eigenvalue weighted by atomic mass is 35.5. The number of nitrogens with one attached hydrogen (secondary N) is 1. The summed E-state index contributed by atoms with van der Waals surface area (Å²) in [6.45, 7) is 5.53. The molecule has 0 bridgehead atoms. The number of hydrogen-bond donors (Lipinski definition) is 2. The molecule has 2 nitrogen and oxygen atoms in total. The van der Waals surface area contributed by atoms with Gasteiger partial charge in [-0.1, -0.05) is 25.4 Å². The Hall–Kier alpha value is -0.220. The van der Waals surface area contributed by atoms with Gasteiger partial charge in [-0.3, -0.25) is 0 Å². The van der Waals surface area contributed by atoms with E-state index in [4.69, 9.17) is 16.7 Å². The molecule has 1 atom stereocenters. The molecule has 2 rings (SSSR count). The van der Waals surface area contributed by atoms with Gasteiger partial charge in [0.25, 0.3) is 0 Å². The molecule has 1 aromatic carbocycles. The normalized spacial score (nSPS) is 19.3. The van der Waals surface area contributed by atoms with Gasteiger partial charge in [0.15, 0.2) is 0 Å². The standard InChI is InChI=1S/C15H22ClNOS/c1-15(2,6-7-18)10-17-13-5-8-19-14-4-3-11(16)9-12(13)14/h3-4,9,13,17-18H,5-8,10H2,1-2H3. The third-order valence-electron chi connectivity index (χ3n) is 3.63. The first-order valence-electron chi connectivity index (χ1n) is 6.78. The van der Waals surface area contributed by atoms with Gasteiger partial charge in [-0.05, 0) is 47.8 Å². The molecule has 0 fully saturated rings. The van der Waals surface area contributed by atoms with Crippen LogP contribution in [0.4, 0.5) is 0 Å². The van der Waals surface area contributed by atoms with Crippen molar-refractivity contribution in [2.75, 3.05) is 18.9 Å². The fourth-order valence-corrected chi connectivity index (χ4v) is 3.65. The Morgan fingerprint density at radius 1 is 1.47 bits per heavy atom. The second-order valence-corrected chi connectivity index (χ2v) is 7.46. The van der Waals surface area contributed by atoms with Gasteiger partial charge < -0.3 is 10.4 Å². The van der Waals surface area contributed by atoms with Gasteiger partial charge in [0.1, 0.15) is 0 Å². The number of thioether (sulfide) groups is 1. The Labute approximate surface area is 124 Å². The molecule has 1 aliphatic heterocycles. The zero-order valence-corrected chi connectivity index (χ0v) is 13.2. The maximum absolute atomic E-state index is 9.08. The summed E-state index contributed by atoms with van der Waals surface area (Å²) in [7, 11) is 0. The zero-order chi connectivity index (χ0) is 13.9. The molecule has 0 amide bonds. The number of hydrogen-bond acceptors (Lipinski definition) is 3. The highest BCUT2D eigenvalue weighted by Crippen LogP contribution is 2.37. The van der Waals surface area contributed by atoms with E-state index in [0.717, 1.165) is 30.2 Å². The average molecular weight is 300 g/mol. The zero-order valence-electron chi connectivity index (χ0n) is 11.6. The van der Waals surface area contributed by atoms with E-state index < -0.39 is 0 Å². The van der Waals surface area contributed by atoms with Gasteiger partial charge in [0, 0.05) is 29.1 Å².